The molecular weight excluding hydrogens is 272 g/mol. The minimum Gasteiger partial charge on any atom is -0.411 e. The van der Waals surface area contributed by atoms with Crippen molar-refractivity contribution in [1.82, 2.24) is 4.90 Å². The van der Waals surface area contributed by atoms with Crippen LogP contribution in [0.15, 0.2) is 5.16 Å². The first-order valence-corrected chi connectivity index (χ1v) is 9.80. The van der Waals surface area contributed by atoms with Crippen LogP contribution in [-0.2, 0) is 0 Å². The molecule has 3 saturated carbocycles. The van der Waals surface area contributed by atoms with Gasteiger partial charge in [-0.1, -0.05) is 43.7 Å². The van der Waals surface area contributed by atoms with E-state index in [1.54, 1.807) is 0 Å². The second-order valence-electron chi connectivity index (χ2n) is 8.50. The van der Waals surface area contributed by atoms with Crippen molar-refractivity contribution in [2.24, 2.45) is 22.9 Å². The molecule has 1 unspecified atom stereocenters. The lowest BCUT2D eigenvalue weighted by atomic mass is 9.74. The molecule has 3 nitrogen and oxygen atoms in total. The first kappa shape index (κ1) is 15.0. The summed E-state index contributed by atoms with van der Waals surface area (Å²) in [5.41, 5.74) is 1.11. The van der Waals surface area contributed by atoms with Crippen molar-refractivity contribution in [3.63, 3.8) is 0 Å². The zero-order valence-corrected chi connectivity index (χ0v) is 13.9. The highest BCUT2D eigenvalue weighted by Crippen LogP contribution is 2.43. The predicted molar refractivity (Wildman–Crippen MR) is 89.4 cm³/mol. The van der Waals surface area contributed by atoms with Crippen molar-refractivity contribution in [3.05, 3.63) is 0 Å². The maximum Gasteiger partial charge on any atom is 0.0629 e. The van der Waals surface area contributed by atoms with Gasteiger partial charge in [-0.25, -0.2) is 0 Å². The molecule has 0 amide bonds. The summed E-state index contributed by atoms with van der Waals surface area (Å²) in [6.07, 6.45) is 16.6. The Hall–Kier alpha value is -0.570. The van der Waals surface area contributed by atoms with Crippen molar-refractivity contribution in [2.75, 3.05) is 6.54 Å². The van der Waals surface area contributed by atoms with Crippen LogP contribution >= 0.6 is 0 Å². The molecule has 3 aliphatic carbocycles. The van der Waals surface area contributed by atoms with E-state index in [0.717, 1.165) is 30.0 Å². The number of nitrogens with zero attached hydrogens (tertiary/aromatic N) is 2. The normalized spacial score (nSPS) is 45.3. The summed E-state index contributed by atoms with van der Waals surface area (Å²) in [7, 11) is 0. The topological polar surface area (TPSA) is 35.8 Å². The van der Waals surface area contributed by atoms with Crippen LogP contribution in [0.3, 0.4) is 0 Å². The van der Waals surface area contributed by atoms with Crippen molar-refractivity contribution in [3.8, 4) is 0 Å². The maximum absolute atomic E-state index is 9.36. The van der Waals surface area contributed by atoms with E-state index in [9.17, 15) is 5.21 Å². The Morgan fingerprint density at radius 1 is 0.818 bits per heavy atom. The molecule has 1 N–H and O–H groups in total. The van der Waals surface area contributed by atoms with E-state index in [-0.39, 0.29) is 0 Å². The average molecular weight is 304 g/mol. The molecule has 5 rings (SSSR count). The highest BCUT2D eigenvalue weighted by atomic mass is 16.4. The van der Waals surface area contributed by atoms with Gasteiger partial charge >= 0.3 is 0 Å². The first-order chi connectivity index (χ1) is 10.8. The molecule has 5 fully saturated rings. The summed E-state index contributed by atoms with van der Waals surface area (Å²) < 4.78 is 0. The fourth-order valence-electron chi connectivity index (χ4n) is 6.04. The van der Waals surface area contributed by atoms with Crippen LogP contribution in [0, 0.1) is 17.8 Å². The van der Waals surface area contributed by atoms with Crippen LogP contribution < -0.4 is 0 Å². The van der Waals surface area contributed by atoms with Gasteiger partial charge in [0.2, 0.25) is 0 Å². The van der Waals surface area contributed by atoms with E-state index in [1.807, 2.05) is 0 Å². The Labute approximate surface area is 135 Å². The Bertz CT molecular complexity index is 408. The van der Waals surface area contributed by atoms with E-state index in [4.69, 9.17) is 0 Å². The molecule has 2 aliphatic heterocycles. The van der Waals surface area contributed by atoms with Crippen LogP contribution in [0.1, 0.15) is 77.0 Å². The molecule has 124 valence electrons. The highest BCUT2D eigenvalue weighted by Gasteiger charge is 2.41. The zero-order chi connectivity index (χ0) is 14.9. The molecule has 0 aromatic heterocycles. The Morgan fingerprint density at radius 2 is 1.50 bits per heavy atom. The molecule has 0 radical (unpaired) electrons. The monoisotopic (exact) mass is 304 g/mol. The average Bonchev–Trinajstić information content (AvgIpc) is 2.67. The summed E-state index contributed by atoms with van der Waals surface area (Å²) in [5.74, 6) is 2.54. The highest BCUT2D eigenvalue weighted by molar-refractivity contribution is 5.87. The van der Waals surface area contributed by atoms with Crippen molar-refractivity contribution < 1.29 is 5.21 Å². The van der Waals surface area contributed by atoms with Crippen LogP contribution in [0.4, 0.5) is 0 Å². The fourth-order valence-corrected chi connectivity index (χ4v) is 6.04. The van der Waals surface area contributed by atoms with Gasteiger partial charge < -0.3 is 5.21 Å². The molecular formula is C19H32N2O. The van der Waals surface area contributed by atoms with E-state index in [1.165, 1.54) is 77.2 Å². The second-order valence-corrected chi connectivity index (χ2v) is 8.50. The van der Waals surface area contributed by atoms with E-state index in [2.05, 4.69) is 10.1 Å². The molecule has 3 heteroatoms. The van der Waals surface area contributed by atoms with Crippen molar-refractivity contribution in [1.29, 1.82) is 0 Å². The Balaban J connectivity index is 1.52. The molecule has 0 spiro atoms. The molecule has 0 aromatic rings. The number of fused-ring (bicyclic) bond motifs is 7. The van der Waals surface area contributed by atoms with Crippen LogP contribution in [0.2, 0.25) is 0 Å². The van der Waals surface area contributed by atoms with Crippen LogP contribution in [0.5, 0.6) is 0 Å². The predicted octanol–water partition coefficient (Wildman–Crippen LogP) is 4.44. The van der Waals surface area contributed by atoms with Crippen LogP contribution in [0.25, 0.3) is 0 Å². The minimum atomic E-state index is 0.533. The molecule has 2 heterocycles. The smallest absolute Gasteiger partial charge is 0.0629 e. The lowest BCUT2D eigenvalue weighted by molar-refractivity contribution is 0.0368. The summed E-state index contributed by atoms with van der Waals surface area (Å²) >= 11 is 0. The number of hydrogen-bond acceptors (Lipinski definition) is 3. The van der Waals surface area contributed by atoms with E-state index in [0.29, 0.717) is 12.0 Å². The third kappa shape index (κ3) is 2.93. The quantitative estimate of drug-likeness (QED) is 0.574. The number of rotatable bonds is 1. The lowest BCUT2D eigenvalue weighted by Crippen LogP contribution is -2.54. The third-order valence-corrected chi connectivity index (χ3v) is 7.11. The number of piperidine rings is 1. The standard InChI is InChI=1S/C19H32N2O/c22-20-19-12-17-8-4-3-7-16(19)13-21(17)18-10-14-5-1-2-6-15(9-14)11-18/h14-18,22H,1-13H2/b20-19+/t14-,15+,16?,17-,18-/m1/s1. The molecule has 5 atom stereocenters. The lowest BCUT2D eigenvalue weighted by Gasteiger charge is -2.49. The fraction of sp³-hybridized carbons (Fsp3) is 0.947. The number of oxime groups is 1. The van der Waals surface area contributed by atoms with Gasteiger partial charge in [-0.2, -0.15) is 0 Å². The van der Waals surface area contributed by atoms with E-state index < -0.39 is 0 Å². The van der Waals surface area contributed by atoms with Gasteiger partial charge in [-0.05, 0) is 43.9 Å². The SMILES string of the molecule is O/N=C1\C[C@H]2CCCCC1CN2[C@@H]1C[C@@H]2CCCC[C@@H](C2)C1. The van der Waals surface area contributed by atoms with Crippen LogP contribution in [-0.4, -0.2) is 34.4 Å². The first-order valence-electron chi connectivity index (χ1n) is 9.80. The largest absolute Gasteiger partial charge is 0.411 e. The molecule has 2 saturated heterocycles. The van der Waals surface area contributed by atoms with Crippen molar-refractivity contribution in [2.45, 2.75) is 89.1 Å². The summed E-state index contributed by atoms with van der Waals surface area (Å²) in [6.45, 7) is 1.17. The van der Waals surface area contributed by atoms with Gasteiger partial charge in [0.05, 0.1) is 5.71 Å². The van der Waals surface area contributed by atoms with Gasteiger partial charge in [-0.15, -0.1) is 0 Å². The van der Waals surface area contributed by atoms with Gasteiger partial charge in [-0.3, -0.25) is 4.90 Å². The van der Waals surface area contributed by atoms with Gasteiger partial charge in [0.15, 0.2) is 0 Å². The molecule has 5 aliphatic rings. The van der Waals surface area contributed by atoms with Gasteiger partial charge in [0.25, 0.3) is 0 Å². The van der Waals surface area contributed by atoms with E-state index >= 15 is 0 Å². The molecule has 4 bridgehead atoms. The number of hydrogen-bond donors (Lipinski definition) is 1. The van der Waals surface area contributed by atoms with Gasteiger partial charge in [0.1, 0.15) is 0 Å². The summed E-state index contributed by atoms with van der Waals surface area (Å²) in [6, 6.07) is 1.49. The zero-order valence-electron chi connectivity index (χ0n) is 13.9. The van der Waals surface area contributed by atoms with Crippen molar-refractivity contribution >= 4 is 5.71 Å². The Kier molecular flexibility index (Phi) is 4.43. The molecule has 0 aromatic carbocycles. The summed E-state index contributed by atoms with van der Waals surface area (Å²) in [4.78, 5) is 2.88. The second kappa shape index (κ2) is 6.51. The third-order valence-electron chi connectivity index (χ3n) is 7.11. The Morgan fingerprint density at radius 3 is 2.23 bits per heavy atom. The summed E-state index contributed by atoms with van der Waals surface area (Å²) in [5, 5.41) is 13.0. The maximum atomic E-state index is 9.36. The van der Waals surface area contributed by atoms with Gasteiger partial charge in [0, 0.05) is 31.0 Å². The molecule has 22 heavy (non-hydrogen) atoms. The minimum absolute atomic E-state index is 0.533.